The number of nitrogens with one attached hydrogen (secondary N) is 3. The van der Waals surface area contributed by atoms with Crippen LogP contribution in [-0.4, -0.2) is 81.8 Å². The number of likely N-dealkylation sites (N-methyl/N-ethyl adjacent to an activating group) is 1. The number of amides is 2. The van der Waals surface area contributed by atoms with Crippen molar-refractivity contribution < 1.29 is 4.79 Å². The minimum Gasteiger partial charge on any atom is -0.369 e. The molecule has 1 aliphatic rings. The molecule has 0 saturated carbocycles. The Kier molecular flexibility index (Phi) is 5.63. The standard InChI is InChI=1S/C21H30N8O/c1-5-29(14(2)3)21(30)25-18-13-22-26-19(18)20-23-16-7-6-15(12-17(16)24-20)28-10-8-27(4)9-11-28/h6-7,12-14H,5,8-11H2,1-4H3,(H,22,26)(H,23,24)(H,25,30). The molecule has 30 heavy (non-hydrogen) atoms. The molecule has 0 unspecified atom stereocenters. The van der Waals surface area contributed by atoms with E-state index in [4.69, 9.17) is 4.98 Å². The number of carbonyl (C=O) groups is 1. The summed E-state index contributed by atoms with van der Waals surface area (Å²) in [6.45, 7) is 10.8. The Morgan fingerprint density at radius 1 is 1.27 bits per heavy atom. The number of nitrogens with zero attached hydrogens (tertiary/aromatic N) is 5. The van der Waals surface area contributed by atoms with Gasteiger partial charge in [0.1, 0.15) is 0 Å². The molecule has 9 nitrogen and oxygen atoms in total. The lowest BCUT2D eigenvalue weighted by Crippen LogP contribution is -2.44. The van der Waals surface area contributed by atoms with Crippen LogP contribution in [0.2, 0.25) is 0 Å². The van der Waals surface area contributed by atoms with Crippen LogP contribution >= 0.6 is 0 Å². The van der Waals surface area contributed by atoms with Crippen LogP contribution < -0.4 is 10.2 Å². The minimum atomic E-state index is -0.149. The Hall–Kier alpha value is -3.07. The molecule has 4 rings (SSSR count). The zero-order valence-corrected chi connectivity index (χ0v) is 18.1. The van der Waals surface area contributed by atoms with Gasteiger partial charge < -0.3 is 25.0 Å². The third kappa shape index (κ3) is 3.97. The molecule has 2 amide bonds. The first-order valence-corrected chi connectivity index (χ1v) is 10.5. The van der Waals surface area contributed by atoms with Crippen molar-refractivity contribution in [1.82, 2.24) is 30.0 Å². The van der Waals surface area contributed by atoms with Crippen LogP contribution in [0.3, 0.4) is 0 Å². The van der Waals surface area contributed by atoms with Crippen LogP contribution in [0.4, 0.5) is 16.2 Å². The van der Waals surface area contributed by atoms with Crippen LogP contribution in [0, 0.1) is 0 Å². The normalized spacial score (nSPS) is 15.2. The van der Waals surface area contributed by atoms with E-state index in [1.54, 1.807) is 11.1 Å². The van der Waals surface area contributed by atoms with E-state index in [0.717, 1.165) is 37.2 Å². The molecule has 3 aromatic rings. The van der Waals surface area contributed by atoms with Gasteiger partial charge in [0.05, 0.1) is 16.7 Å². The van der Waals surface area contributed by atoms with Gasteiger partial charge in [0.25, 0.3) is 0 Å². The molecule has 0 spiro atoms. The van der Waals surface area contributed by atoms with Crippen molar-refractivity contribution in [3.05, 3.63) is 24.4 Å². The first-order chi connectivity index (χ1) is 14.5. The summed E-state index contributed by atoms with van der Waals surface area (Å²) in [5, 5.41) is 10.1. The average Bonchev–Trinajstić information content (AvgIpc) is 3.34. The highest BCUT2D eigenvalue weighted by Crippen LogP contribution is 2.28. The molecule has 1 fully saturated rings. The van der Waals surface area contributed by atoms with Gasteiger partial charge in [-0.25, -0.2) is 9.78 Å². The second-order valence-electron chi connectivity index (χ2n) is 8.03. The predicted octanol–water partition coefficient (Wildman–Crippen LogP) is 2.97. The Balaban J connectivity index is 1.57. The van der Waals surface area contributed by atoms with E-state index < -0.39 is 0 Å². The van der Waals surface area contributed by atoms with Gasteiger partial charge in [-0.05, 0) is 46.0 Å². The number of anilines is 2. The summed E-state index contributed by atoms with van der Waals surface area (Å²) in [5.74, 6) is 0.629. The van der Waals surface area contributed by atoms with Crippen molar-refractivity contribution in [2.24, 2.45) is 0 Å². The summed E-state index contributed by atoms with van der Waals surface area (Å²) >= 11 is 0. The topological polar surface area (TPSA) is 96.2 Å². The molecule has 3 N–H and O–H groups in total. The second-order valence-corrected chi connectivity index (χ2v) is 8.03. The zero-order valence-electron chi connectivity index (χ0n) is 18.1. The monoisotopic (exact) mass is 410 g/mol. The summed E-state index contributed by atoms with van der Waals surface area (Å²) in [4.78, 5) is 27.2. The Morgan fingerprint density at radius 3 is 2.73 bits per heavy atom. The predicted molar refractivity (Wildman–Crippen MR) is 120 cm³/mol. The molecule has 1 saturated heterocycles. The molecule has 3 heterocycles. The van der Waals surface area contributed by atoms with Crippen LogP contribution in [0.1, 0.15) is 20.8 Å². The lowest BCUT2D eigenvalue weighted by atomic mass is 10.2. The molecular formula is C21H30N8O. The smallest absolute Gasteiger partial charge is 0.322 e. The van der Waals surface area contributed by atoms with Gasteiger partial charge in [-0.3, -0.25) is 5.10 Å². The number of hydrogen-bond donors (Lipinski definition) is 3. The summed E-state index contributed by atoms with van der Waals surface area (Å²) in [6.07, 6.45) is 1.68. The van der Waals surface area contributed by atoms with E-state index in [0.29, 0.717) is 23.8 Å². The lowest BCUT2D eigenvalue weighted by Gasteiger charge is -2.34. The zero-order chi connectivity index (χ0) is 21.3. The number of fused-ring (bicyclic) bond motifs is 1. The van der Waals surface area contributed by atoms with Crippen molar-refractivity contribution >= 4 is 28.4 Å². The molecular weight excluding hydrogens is 380 g/mol. The number of benzene rings is 1. The van der Waals surface area contributed by atoms with Gasteiger partial charge in [-0.15, -0.1) is 0 Å². The molecule has 160 valence electrons. The molecule has 0 aliphatic carbocycles. The summed E-state index contributed by atoms with van der Waals surface area (Å²) < 4.78 is 0. The third-order valence-electron chi connectivity index (χ3n) is 5.67. The summed E-state index contributed by atoms with van der Waals surface area (Å²) in [5.41, 5.74) is 4.23. The Morgan fingerprint density at radius 2 is 2.03 bits per heavy atom. The van der Waals surface area contributed by atoms with Crippen LogP contribution in [0.15, 0.2) is 24.4 Å². The van der Waals surface area contributed by atoms with E-state index in [-0.39, 0.29) is 12.1 Å². The van der Waals surface area contributed by atoms with Crippen molar-refractivity contribution in [1.29, 1.82) is 0 Å². The number of aromatic amines is 2. The fourth-order valence-electron chi connectivity index (χ4n) is 3.87. The van der Waals surface area contributed by atoms with Crippen LogP contribution in [0.25, 0.3) is 22.6 Å². The Bertz CT molecular complexity index is 1020. The van der Waals surface area contributed by atoms with Gasteiger partial charge >= 0.3 is 6.03 Å². The fraction of sp³-hybridized carbons (Fsp3) is 0.476. The van der Waals surface area contributed by atoms with Gasteiger partial charge in [-0.1, -0.05) is 0 Å². The van der Waals surface area contributed by atoms with E-state index in [1.807, 2.05) is 26.8 Å². The highest BCUT2D eigenvalue weighted by atomic mass is 16.2. The summed E-state index contributed by atoms with van der Waals surface area (Å²) in [7, 11) is 2.16. The van der Waals surface area contributed by atoms with Crippen molar-refractivity contribution in [2.45, 2.75) is 26.8 Å². The number of aromatic nitrogens is 4. The number of piperazine rings is 1. The second kappa shape index (κ2) is 8.35. The molecule has 1 aromatic carbocycles. The first-order valence-electron chi connectivity index (χ1n) is 10.5. The molecule has 2 aromatic heterocycles. The molecule has 0 atom stereocenters. The maximum Gasteiger partial charge on any atom is 0.322 e. The van der Waals surface area contributed by atoms with Gasteiger partial charge in [0.2, 0.25) is 0 Å². The number of hydrogen-bond acceptors (Lipinski definition) is 5. The van der Waals surface area contributed by atoms with Gasteiger partial charge in [0, 0.05) is 50.6 Å². The van der Waals surface area contributed by atoms with Crippen LogP contribution in [0.5, 0.6) is 0 Å². The maximum absolute atomic E-state index is 12.6. The fourth-order valence-corrected chi connectivity index (χ4v) is 3.87. The number of H-pyrrole nitrogens is 2. The van der Waals surface area contributed by atoms with Crippen molar-refractivity contribution in [3.8, 4) is 11.5 Å². The average molecular weight is 411 g/mol. The molecule has 1 aliphatic heterocycles. The Labute approximate surface area is 176 Å². The molecule has 0 bridgehead atoms. The largest absolute Gasteiger partial charge is 0.369 e. The van der Waals surface area contributed by atoms with E-state index in [1.165, 1.54) is 5.69 Å². The van der Waals surface area contributed by atoms with Crippen molar-refractivity contribution in [3.63, 3.8) is 0 Å². The highest BCUT2D eigenvalue weighted by Gasteiger charge is 2.20. The number of rotatable bonds is 5. The van der Waals surface area contributed by atoms with Gasteiger partial charge in [0.15, 0.2) is 11.5 Å². The lowest BCUT2D eigenvalue weighted by molar-refractivity contribution is 0.201. The quantitative estimate of drug-likeness (QED) is 0.601. The SMILES string of the molecule is CCN(C(=O)Nc1c[nH]nc1-c1nc2ccc(N3CCN(C)CC3)cc2[nH]1)C(C)C. The van der Waals surface area contributed by atoms with E-state index in [9.17, 15) is 4.79 Å². The number of urea groups is 1. The molecule has 0 radical (unpaired) electrons. The van der Waals surface area contributed by atoms with E-state index in [2.05, 4.69) is 49.5 Å². The van der Waals surface area contributed by atoms with E-state index >= 15 is 0 Å². The first kappa shape index (κ1) is 20.2. The minimum absolute atomic E-state index is 0.115. The molecule has 9 heteroatoms. The maximum atomic E-state index is 12.6. The number of carbonyl (C=O) groups excluding carboxylic acids is 1. The third-order valence-corrected chi connectivity index (χ3v) is 5.67. The van der Waals surface area contributed by atoms with Gasteiger partial charge in [-0.2, -0.15) is 5.10 Å². The van der Waals surface area contributed by atoms with Crippen molar-refractivity contribution in [2.75, 3.05) is 50.0 Å². The number of imidazole rings is 1. The summed E-state index contributed by atoms with van der Waals surface area (Å²) in [6, 6.07) is 6.26. The van der Waals surface area contributed by atoms with Crippen LogP contribution in [-0.2, 0) is 0 Å². The highest BCUT2D eigenvalue weighted by molar-refractivity contribution is 5.93.